The van der Waals surface area contributed by atoms with Gasteiger partial charge >= 0.3 is 0 Å². The van der Waals surface area contributed by atoms with Crippen LogP contribution in [0.4, 0.5) is 15.8 Å². The summed E-state index contributed by atoms with van der Waals surface area (Å²) in [4.78, 5) is 17.5. The molecule has 0 radical (unpaired) electrons. The molecule has 2 fully saturated rings. The molecule has 2 aromatic rings. The number of benzene rings is 2. The van der Waals surface area contributed by atoms with Crippen LogP contribution < -0.4 is 19.9 Å². The molecule has 1 N–H and O–H groups in total. The molecule has 2 atom stereocenters. The molecule has 5 nitrogen and oxygen atoms in total. The number of anilines is 2. The molecular weight excluding hydrogens is 369 g/mol. The number of amides is 1. The van der Waals surface area contributed by atoms with Gasteiger partial charge in [0.25, 0.3) is 0 Å². The molecule has 0 bridgehead atoms. The number of ether oxygens (including phenoxy) is 1. The predicted molar refractivity (Wildman–Crippen MR) is 111 cm³/mol. The third kappa shape index (κ3) is 3.41. The molecule has 2 aliphatic heterocycles. The van der Waals surface area contributed by atoms with Crippen LogP contribution in [0.25, 0.3) is 0 Å². The van der Waals surface area contributed by atoms with Crippen LogP contribution in [-0.4, -0.2) is 44.7 Å². The van der Waals surface area contributed by atoms with Crippen molar-refractivity contribution < 1.29 is 13.9 Å². The number of fused-ring (bicyclic) bond motifs is 3. The Morgan fingerprint density at radius 3 is 2.72 bits per heavy atom. The van der Waals surface area contributed by atoms with Crippen molar-refractivity contribution in [2.75, 3.05) is 36.5 Å². The lowest BCUT2D eigenvalue weighted by Gasteiger charge is -2.49. The second-order valence-corrected chi connectivity index (χ2v) is 8.25. The van der Waals surface area contributed by atoms with Gasteiger partial charge in [0.15, 0.2) is 0 Å². The Labute approximate surface area is 170 Å². The Bertz CT molecular complexity index is 930. The summed E-state index contributed by atoms with van der Waals surface area (Å²) in [5.41, 5.74) is 2.93. The van der Waals surface area contributed by atoms with Crippen LogP contribution in [0.3, 0.4) is 0 Å². The average Bonchev–Trinajstić information content (AvgIpc) is 3.56. The van der Waals surface area contributed by atoms with Crippen LogP contribution in [0.1, 0.15) is 18.4 Å². The van der Waals surface area contributed by atoms with Gasteiger partial charge in [-0.1, -0.05) is 18.2 Å². The fourth-order valence-corrected chi connectivity index (χ4v) is 4.67. The van der Waals surface area contributed by atoms with Crippen LogP contribution in [-0.2, 0) is 11.2 Å². The number of halogens is 1. The number of hydrogen-bond acceptors (Lipinski definition) is 4. The van der Waals surface area contributed by atoms with Gasteiger partial charge in [0.2, 0.25) is 5.91 Å². The Kier molecular flexibility index (Phi) is 4.57. The van der Waals surface area contributed by atoms with Crippen LogP contribution in [0.15, 0.2) is 42.5 Å². The zero-order valence-corrected chi connectivity index (χ0v) is 16.6. The summed E-state index contributed by atoms with van der Waals surface area (Å²) in [5.74, 6) is 0.586. The Balaban J connectivity index is 1.48. The highest BCUT2D eigenvalue weighted by molar-refractivity contribution is 5.83. The molecule has 2 heterocycles. The molecular formula is C23H26FN3O2. The predicted octanol–water partition coefficient (Wildman–Crippen LogP) is 2.98. The van der Waals surface area contributed by atoms with E-state index in [1.165, 1.54) is 11.6 Å². The van der Waals surface area contributed by atoms with Crippen molar-refractivity contribution in [1.82, 2.24) is 5.32 Å². The minimum Gasteiger partial charge on any atom is -0.497 e. The molecule has 5 rings (SSSR count). The van der Waals surface area contributed by atoms with Crippen molar-refractivity contribution in [3.8, 4) is 5.75 Å². The van der Waals surface area contributed by atoms with Crippen molar-refractivity contribution in [2.45, 2.75) is 31.3 Å². The number of carbonyl (C=O) groups is 1. The maximum absolute atomic E-state index is 14.4. The zero-order valence-electron chi connectivity index (χ0n) is 16.6. The summed E-state index contributed by atoms with van der Waals surface area (Å²) in [6.45, 7) is 2.08. The normalized spacial score (nSPS) is 23.2. The van der Waals surface area contributed by atoms with Crippen LogP contribution in [0.2, 0.25) is 0 Å². The number of methoxy groups -OCH3 is 1. The van der Waals surface area contributed by atoms with Crippen molar-refractivity contribution in [1.29, 1.82) is 0 Å². The largest absolute Gasteiger partial charge is 0.497 e. The Morgan fingerprint density at radius 1 is 1.14 bits per heavy atom. The summed E-state index contributed by atoms with van der Waals surface area (Å²) in [7, 11) is 1.67. The number of rotatable bonds is 4. The first-order valence-electron chi connectivity index (χ1n) is 10.4. The molecule has 1 saturated carbocycles. The molecule has 152 valence electrons. The van der Waals surface area contributed by atoms with Crippen LogP contribution in [0.5, 0.6) is 5.75 Å². The number of para-hydroxylation sites is 1. The zero-order chi connectivity index (χ0) is 20.0. The maximum Gasteiger partial charge on any atom is 0.225 e. The summed E-state index contributed by atoms with van der Waals surface area (Å²) in [5, 5.41) is 3.19. The van der Waals surface area contributed by atoms with Gasteiger partial charge in [-0.25, -0.2) is 4.39 Å². The number of nitrogens with one attached hydrogen (secondary N) is 1. The number of carbonyl (C=O) groups excluding carboxylic acids is 1. The molecule has 1 aliphatic carbocycles. The van der Waals surface area contributed by atoms with Crippen molar-refractivity contribution in [3.05, 3.63) is 53.8 Å². The lowest BCUT2D eigenvalue weighted by Crippen LogP contribution is -2.61. The highest BCUT2D eigenvalue weighted by atomic mass is 19.1. The van der Waals surface area contributed by atoms with Crippen molar-refractivity contribution in [3.63, 3.8) is 0 Å². The summed E-state index contributed by atoms with van der Waals surface area (Å²) < 4.78 is 19.9. The molecule has 1 amide bonds. The Hall–Kier alpha value is -2.76. The maximum atomic E-state index is 14.4. The van der Waals surface area contributed by atoms with Gasteiger partial charge in [0.1, 0.15) is 11.6 Å². The fourth-order valence-electron chi connectivity index (χ4n) is 4.67. The average molecular weight is 395 g/mol. The van der Waals surface area contributed by atoms with E-state index in [2.05, 4.69) is 27.2 Å². The third-order valence-corrected chi connectivity index (χ3v) is 6.38. The molecule has 0 aromatic heterocycles. The third-order valence-electron chi connectivity index (χ3n) is 6.38. The smallest absolute Gasteiger partial charge is 0.225 e. The molecule has 2 aromatic carbocycles. The van der Waals surface area contributed by atoms with Gasteiger partial charge in [-0.2, -0.15) is 0 Å². The molecule has 0 spiro atoms. The molecule has 6 heteroatoms. The molecule has 3 aliphatic rings. The van der Waals surface area contributed by atoms with E-state index in [0.29, 0.717) is 31.2 Å². The van der Waals surface area contributed by atoms with Gasteiger partial charge in [-0.05, 0) is 43.0 Å². The Morgan fingerprint density at radius 2 is 1.97 bits per heavy atom. The van der Waals surface area contributed by atoms with Crippen LogP contribution in [0, 0.1) is 11.7 Å². The lowest BCUT2D eigenvalue weighted by atomic mass is 9.83. The van der Waals surface area contributed by atoms with Gasteiger partial charge in [-0.3, -0.25) is 4.79 Å². The standard InChI is InChI=1S/C23H26FN3O2/c1-29-17-9-6-15-12-18(23(28)25-16-7-8-16)22-14-26(10-11-27(22)21(15)13-17)20-5-3-2-4-19(20)24/h2-6,9,13,16,18,22H,7-8,10-12,14H2,1H3,(H,25,28)/t18-,22+/m1/s1. The number of hydrogen-bond donors (Lipinski definition) is 1. The summed E-state index contributed by atoms with van der Waals surface area (Å²) in [6, 6.07) is 13.3. The molecule has 29 heavy (non-hydrogen) atoms. The quantitative estimate of drug-likeness (QED) is 0.865. The van der Waals surface area contributed by atoms with E-state index in [0.717, 1.165) is 30.8 Å². The van der Waals surface area contributed by atoms with Gasteiger partial charge in [0, 0.05) is 37.4 Å². The number of piperazine rings is 1. The minimum atomic E-state index is -0.210. The first-order chi connectivity index (χ1) is 14.1. The molecule has 1 saturated heterocycles. The van der Waals surface area contributed by atoms with E-state index in [1.54, 1.807) is 13.2 Å². The first-order valence-corrected chi connectivity index (χ1v) is 10.4. The summed E-state index contributed by atoms with van der Waals surface area (Å²) >= 11 is 0. The topological polar surface area (TPSA) is 44.8 Å². The van der Waals surface area contributed by atoms with Crippen LogP contribution >= 0.6 is 0 Å². The monoisotopic (exact) mass is 395 g/mol. The van der Waals surface area contributed by atoms with Gasteiger partial charge in [0.05, 0.1) is 24.8 Å². The SMILES string of the molecule is COc1ccc2c(c1)N1CCN(c3ccccc3F)C[C@H]1[C@H](C(=O)NC1CC1)C2. The van der Waals surface area contributed by atoms with Crippen molar-refractivity contribution in [2.24, 2.45) is 5.92 Å². The number of nitrogens with zero attached hydrogens (tertiary/aromatic N) is 2. The van der Waals surface area contributed by atoms with Gasteiger partial charge < -0.3 is 19.9 Å². The first kappa shape index (κ1) is 18.3. The van der Waals surface area contributed by atoms with Crippen molar-refractivity contribution >= 4 is 17.3 Å². The van der Waals surface area contributed by atoms with E-state index in [-0.39, 0.29) is 23.7 Å². The second kappa shape index (κ2) is 7.25. The van der Waals surface area contributed by atoms with E-state index < -0.39 is 0 Å². The summed E-state index contributed by atoms with van der Waals surface area (Å²) in [6.07, 6.45) is 2.84. The van der Waals surface area contributed by atoms with E-state index in [1.807, 2.05) is 18.2 Å². The second-order valence-electron chi connectivity index (χ2n) is 8.25. The van der Waals surface area contributed by atoms with E-state index >= 15 is 0 Å². The van der Waals surface area contributed by atoms with E-state index in [9.17, 15) is 9.18 Å². The van der Waals surface area contributed by atoms with Gasteiger partial charge in [-0.15, -0.1) is 0 Å². The molecule has 0 unspecified atom stereocenters. The highest BCUT2D eigenvalue weighted by Gasteiger charge is 2.43. The van der Waals surface area contributed by atoms with E-state index in [4.69, 9.17) is 4.74 Å². The highest BCUT2D eigenvalue weighted by Crippen LogP contribution is 2.39. The minimum absolute atomic E-state index is 0.00159. The fraction of sp³-hybridized carbons (Fsp3) is 0.435. The lowest BCUT2D eigenvalue weighted by molar-refractivity contribution is -0.126.